The van der Waals surface area contributed by atoms with Gasteiger partial charge in [0, 0.05) is 31.6 Å². The number of aromatic nitrogens is 2. The van der Waals surface area contributed by atoms with Crippen LogP contribution in [0, 0.1) is 0 Å². The van der Waals surface area contributed by atoms with Crippen LogP contribution in [0.3, 0.4) is 0 Å². The first-order chi connectivity index (χ1) is 9.65. The molecule has 6 nitrogen and oxygen atoms in total. The minimum atomic E-state index is 0.0604. The Labute approximate surface area is 120 Å². The zero-order valence-electron chi connectivity index (χ0n) is 12.6. The van der Waals surface area contributed by atoms with Gasteiger partial charge >= 0.3 is 0 Å². The molecule has 3 N–H and O–H groups in total. The van der Waals surface area contributed by atoms with E-state index in [4.69, 9.17) is 0 Å². The first-order valence-electron chi connectivity index (χ1n) is 7.24. The van der Waals surface area contributed by atoms with Crippen molar-refractivity contribution >= 4 is 17.5 Å². The highest BCUT2D eigenvalue weighted by Crippen LogP contribution is 2.08. The average Bonchev–Trinajstić information content (AvgIpc) is 2.45. The first kappa shape index (κ1) is 16.2. The molecule has 0 fully saturated rings. The second-order valence-corrected chi connectivity index (χ2v) is 4.77. The number of carbonyl (C=O) groups is 1. The fourth-order valence-corrected chi connectivity index (χ4v) is 1.56. The van der Waals surface area contributed by atoms with Crippen LogP contribution in [-0.4, -0.2) is 35.0 Å². The van der Waals surface area contributed by atoms with Crippen molar-refractivity contribution < 1.29 is 4.79 Å². The lowest BCUT2D eigenvalue weighted by molar-refractivity contribution is -0.121. The van der Waals surface area contributed by atoms with Gasteiger partial charge in [-0.05, 0) is 19.8 Å². The minimum absolute atomic E-state index is 0.0604. The van der Waals surface area contributed by atoms with Gasteiger partial charge in [-0.15, -0.1) is 0 Å². The summed E-state index contributed by atoms with van der Waals surface area (Å²) in [7, 11) is 0. The Balaban J connectivity index is 2.32. The highest BCUT2D eigenvalue weighted by atomic mass is 16.1. The smallest absolute Gasteiger partial charge is 0.221 e. The molecule has 0 saturated carbocycles. The van der Waals surface area contributed by atoms with Crippen LogP contribution in [0.25, 0.3) is 0 Å². The lowest BCUT2D eigenvalue weighted by atomic mass is 10.2. The van der Waals surface area contributed by atoms with Gasteiger partial charge in [-0.3, -0.25) is 4.79 Å². The van der Waals surface area contributed by atoms with Gasteiger partial charge in [0.1, 0.15) is 18.0 Å². The van der Waals surface area contributed by atoms with Crippen molar-refractivity contribution in [3.05, 3.63) is 12.4 Å². The number of nitrogens with one attached hydrogen (secondary N) is 3. The van der Waals surface area contributed by atoms with E-state index in [0.29, 0.717) is 13.0 Å². The molecule has 0 aromatic carbocycles. The maximum atomic E-state index is 11.6. The lowest BCUT2D eigenvalue weighted by Crippen LogP contribution is -2.33. The van der Waals surface area contributed by atoms with Crippen molar-refractivity contribution in [2.24, 2.45) is 0 Å². The zero-order chi connectivity index (χ0) is 14.8. The molecule has 1 amide bonds. The van der Waals surface area contributed by atoms with Crippen LogP contribution in [0.1, 0.15) is 40.0 Å². The molecule has 112 valence electrons. The number of hydrogen-bond acceptors (Lipinski definition) is 5. The predicted octanol–water partition coefficient (Wildman–Crippen LogP) is 2.02. The summed E-state index contributed by atoms with van der Waals surface area (Å²) in [4.78, 5) is 19.9. The Kier molecular flexibility index (Phi) is 7.39. The summed E-state index contributed by atoms with van der Waals surface area (Å²) in [5, 5.41) is 9.26. The highest BCUT2D eigenvalue weighted by molar-refractivity contribution is 5.76. The summed E-state index contributed by atoms with van der Waals surface area (Å²) in [6, 6.07) is 2.08. The molecule has 0 bridgehead atoms. The van der Waals surface area contributed by atoms with E-state index < -0.39 is 0 Å². The molecule has 1 unspecified atom stereocenters. The molecular weight excluding hydrogens is 254 g/mol. The Bertz CT molecular complexity index is 410. The van der Waals surface area contributed by atoms with E-state index in [2.05, 4.69) is 39.8 Å². The molecule has 0 spiro atoms. The SMILES string of the molecule is CCCNc1cc(NCCC(=O)NC(C)CC)ncn1. The Morgan fingerprint density at radius 1 is 1.20 bits per heavy atom. The van der Waals surface area contributed by atoms with Gasteiger partial charge in [0.05, 0.1) is 0 Å². The molecule has 0 aliphatic rings. The molecule has 0 aliphatic carbocycles. The van der Waals surface area contributed by atoms with Gasteiger partial charge in [0.2, 0.25) is 5.91 Å². The van der Waals surface area contributed by atoms with Gasteiger partial charge in [0.25, 0.3) is 0 Å². The van der Waals surface area contributed by atoms with Gasteiger partial charge in [0.15, 0.2) is 0 Å². The van der Waals surface area contributed by atoms with Crippen LogP contribution in [0.2, 0.25) is 0 Å². The molecule has 6 heteroatoms. The van der Waals surface area contributed by atoms with Crippen LogP contribution in [-0.2, 0) is 4.79 Å². The highest BCUT2D eigenvalue weighted by Gasteiger charge is 2.05. The van der Waals surface area contributed by atoms with Gasteiger partial charge in [-0.2, -0.15) is 0 Å². The van der Waals surface area contributed by atoms with E-state index in [9.17, 15) is 4.79 Å². The number of anilines is 2. The summed E-state index contributed by atoms with van der Waals surface area (Å²) in [5.41, 5.74) is 0. The molecule has 20 heavy (non-hydrogen) atoms. The molecule has 1 rings (SSSR count). The Morgan fingerprint density at radius 3 is 2.45 bits per heavy atom. The molecule has 1 atom stereocenters. The van der Waals surface area contributed by atoms with Gasteiger partial charge in [-0.25, -0.2) is 9.97 Å². The number of amides is 1. The van der Waals surface area contributed by atoms with Crippen molar-refractivity contribution in [3.8, 4) is 0 Å². The molecule has 0 radical (unpaired) electrons. The van der Waals surface area contributed by atoms with Crippen molar-refractivity contribution in [1.29, 1.82) is 0 Å². The second kappa shape index (κ2) is 9.12. The maximum absolute atomic E-state index is 11.6. The maximum Gasteiger partial charge on any atom is 0.221 e. The van der Waals surface area contributed by atoms with Crippen molar-refractivity contribution in [2.45, 2.75) is 46.1 Å². The largest absolute Gasteiger partial charge is 0.370 e. The summed E-state index contributed by atoms with van der Waals surface area (Å²) in [6.45, 7) is 7.60. The summed E-state index contributed by atoms with van der Waals surface area (Å²) < 4.78 is 0. The first-order valence-corrected chi connectivity index (χ1v) is 7.24. The third kappa shape index (κ3) is 6.36. The van der Waals surface area contributed by atoms with Crippen molar-refractivity contribution in [3.63, 3.8) is 0 Å². The third-order valence-electron chi connectivity index (χ3n) is 2.90. The van der Waals surface area contributed by atoms with Crippen LogP contribution >= 0.6 is 0 Å². The van der Waals surface area contributed by atoms with E-state index in [1.165, 1.54) is 6.33 Å². The molecule has 0 saturated heterocycles. The van der Waals surface area contributed by atoms with E-state index in [0.717, 1.165) is 31.0 Å². The number of hydrogen-bond donors (Lipinski definition) is 3. The minimum Gasteiger partial charge on any atom is -0.370 e. The molecular formula is C14H25N5O. The molecule has 1 heterocycles. The van der Waals surface area contributed by atoms with Crippen molar-refractivity contribution in [1.82, 2.24) is 15.3 Å². The second-order valence-electron chi connectivity index (χ2n) is 4.77. The monoisotopic (exact) mass is 279 g/mol. The zero-order valence-corrected chi connectivity index (χ0v) is 12.6. The quantitative estimate of drug-likeness (QED) is 0.644. The number of carbonyl (C=O) groups excluding carboxylic acids is 1. The molecule has 1 aromatic heterocycles. The molecule has 1 aromatic rings. The molecule has 0 aliphatic heterocycles. The summed E-state index contributed by atoms with van der Waals surface area (Å²) >= 11 is 0. The average molecular weight is 279 g/mol. The standard InChI is InChI=1S/C14H25N5O/c1-4-7-15-12-9-13(18-10-17-12)16-8-6-14(20)19-11(3)5-2/h9-11H,4-8H2,1-3H3,(H,19,20)(H2,15,16,17,18). The number of rotatable bonds is 9. The van der Waals surface area contributed by atoms with Gasteiger partial charge < -0.3 is 16.0 Å². The topological polar surface area (TPSA) is 78.9 Å². The lowest BCUT2D eigenvalue weighted by Gasteiger charge is -2.12. The predicted molar refractivity (Wildman–Crippen MR) is 81.8 cm³/mol. The third-order valence-corrected chi connectivity index (χ3v) is 2.90. The van der Waals surface area contributed by atoms with Crippen LogP contribution < -0.4 is 16.0 Å². The van der Waals surface area contributed by atoms with Crippen LogP contribution in [0.15, 0.2) is 12.4 Å². The van der Waals surface area contributed by atoms with Crippen molar-refractivity contribution in [2.75, 3.05) is 23.7 Å². The van der Waals surface area contributed by atoms with E-state index >= 15 is 0 Å². The fraction of sp³-hybridized carbons (Fsp3) is 0.643. The van der Waals surface area contributed by atoms with E-state index in [1.807, 2.05) is 13.0 Å². The van der Waals surface area contributed by atoms with E-state index in [-0.39, 0.29) is 11.9 Å². The van der Waals surface area contributed by atoms with Crippen LogP contribution in [0.5, 0.6) is 0 Å². The Hall–Kier alpha value is -1.85. The van der Waals surface area contributed by atoms with Gasteiger partial charge in [-0.1, -0.05) is 13.8 Å². The number of nitrogens with zero attached hydrogens (tertiary/aromatic N) is 2. The summed E-state index contributed by atoms with van der Waals surface area (Å²) in [6.07, 6.45) is 3.94. The normalized spacial score (nSPS) is 11.8. The summed E-state index contributed by atoms with van der Waals surface area (Å²) in [5.74, 6) is 1.59. The van der Waals surface area contributed by atoms with Crippen LogP contribution in [0.4, 0.5) is 11.6 Å². The fourth-order valence-electron chi connectivity index (χ4n) is 1.56. The Morgan fingerprint density at radius 2 is 1.85 bits per heavy atom. The van der Waals surface area contributed by atoms with E-state index in [1.54, 1.807) is 0 Å².